The molecule has 0 saturated heterocycles. The summed E-state index contributed by atoms with van der Waals surface area (Å²) >= 11 is 7.42. The summed E-state index contributed by atoms with van der Waals surface area (Å²) in [5, 5.41) is 1.43. The summed E-state index contributed by atoms with van der Waals surface area (Å²) in [7, 11) is 0. The average Bonchev–Trinajstić information content (AvgIpc) is 2.60. The Hall–Kier alpha value is -2.04. The van der Waals surface area contributed by atoms with Gasteiger partial charge in [0, 0.05) is 29.7 Å². The van der Waals surface area contributed by atoms with E-state index in [1.807, 2.05) is 71.6 Å². The Morgan fingerprint density at radius 3 is 2.42 bits per heavy atom. The van der Waals surface area contributed by atoms with Gasteiger partial charge in [0.25, 0.3) is 5.56 Å². The fraction of sp³-hybridized carbons (Fsp3) is 0.158. The molecule has 3 aromatic rings. The Morgan fingerprint density at radius 1 is 1.04 bits per heavy atom. The van der Waals surface area contributed by atoms with E-state index in [1.165, 1.54) is 11.8 Å². The summed E-state index contributed by atoms with van der Waals surface area (Å²) in [6.07, 6.45) is 4.43. The predicted molar refractivity (Wildman–Crippen MR) is 100 cm³/mol. The van der Waals surface area contributed by atoms with Gasteiger partial charge in [0.2, 0.25) is 0 Å². The van der Waals surface area contributed by atoms with Gasteiger partial charge in [-0.3, -0.25) is 4.79 Å². The van der Waals surface area contributed by atoms with Gasteiger partial charge in [-0.1, -0.05) is 65.8 Å². The minimum absolute atomic E-state index is 0.157. The highest BCUT2D eigenvalue weighted by molar-refractivity contribution is 7.98. The van der Waals surface area contributed by atoms with Gasteiger partial charge in [-0.2, -0.15) is 4.98 Å². The lowest BCUT2D eigenvalue weighted by Crippen LogP contribution is -2.20. The van der Waals surface area contributed by atoms with Gasteiger partial charge in [-0.15, -0.1) is 0 Å². The molecule has 24 heavy (non-hydrogen) atoms. The number of halogens is 1. The van der Waals surface area contributed by atoms with E-state index < -0.39 is 0 Å². The van der Waals surface area contributed by atoms with E-state index in [2.05, 4.69) is 4.98 Å². The number of benzene rings is 2. The first-order chi connectivity index (χ1) is 11.7. The third-order valence-corrected chi connectivity index (χ3v) is 4.66. The molecule has 0 aliphatic carbocycles. The molecule has 3 nitrogen and oxygen atoms in total. The number of hydrogen-bond acceptors (Lipinski definition) is 3. The van der Waals surface area contributed by atoms with Gasteiger partial charge in [0.05, 0.1) is 0 Å². The first-order valence-corrected chi connectivity index (χ1v) is 9.18. The zero-order valence-electron chi connectivity index (χ0n) is 13.3. The minimum atomic E-state index is -0.157. The fourth-order valence-corrected chi connectivity index (χ4v) is 3.17. The first kappa shape index (κ1) is 16.8. The number of nitrogens with zero attached hydrogens (tertiary/aromatic N) is 2. The number of aromatic nitrogens is 2. The molecular weight excluding hydrogens is 340 g/mol. The molecule has 0 bridgehead atoms. The zero-order chi connectivity index (χ0) is 16.9. The minimum Gasteiger partial charge on any atom is -0.323 e. The molecule has 0 aliphatic heterocycles. The summed E-state index contributed by atoms with van der Waals surface area (Å²) in [5.74, 6) is 0. The summed E-state index contributed by atoms with van der Waals surface area (Å²) in [6.45, 7) is 0.655. The van der Waals surface area contributed by atoms with Gasteiger partial charge in [-0.25, -0.2) is 0 Å². The van der Waals surface area contributed by atoms with Crippen molar-refractivity contribution in [2.24, 2.45) is 0 Å². The van der Waals surface area contributed by atoms with Crippen molar-refractivity contribution in [1.29, 1.82) is 0 Å². The Labute approximate surface area is 150 Å². The second kappa shape index (κ2) is 7.69. The smallest absolute Gasteiger partial charge is 0.277 e. The van der Waals surface area contributed by atoms with Crippen LogP contribution in [0.1, 0.15) is 16.7 Å². The molecule has 0 amide bonds. The highest BCUT2D eigenvalue weighted by atomic mass is 35.5. The van der Waals surface area contributed by atoms with Crippen molar-refractivity contribution in [2.75, 3.05) is 6.26 Å². The van der Waals surface area contributed by atoms with Crippen LogP contribution in [0.3, 0.4) is 0 Å². The van der Waals surface area contributed by atoms with E-state index in [0.717, 1.165) is 11.1 Å². The standard InChI is InChI=1S/C19H17ClN2OS/c1-24-19-21-18(23)16(11-14-5-3-2-4-6-14)13-22(19)12-15-7-9-17(20)10-8-15/h2-10,13H,11-12H2,1H3. The van der Waals surface area contributed by atoms with Crippen molar-refractivity contribution >= 4 is 23.4 Å². The van der Waals surface area contributed by atoms with Crippen LogP contribution in [0.15, 0.2) is 70.7 Å². The molecule has 0 atom stereocenters. The Bertz CT molecular complexity index is 876. The fourth-order valence-electron chi connectivity index (χ4n) is 2.52. The van der Waals surface area contributed by atoms with Crippen LogP contribution in [0, 0.1) is 0 Å². The average molecular weight is 357 g/mol. The van der Waals surface area contributed by atoms with Crippen LogP contribution in [0.25, 0.3) is 0 Å². The van der Waals surface area contributed by atoms with Crippen LogP contribution in [0.2, 0.25) is 5.02 Å². The summed E-state index contributed by atoms with van der Waals surface area (Å²) in [5.41, 5.74) is 2.76. The molecule has 3 rings (SSSR count). The molecule has 0 unspecified atom stereocenters. The van der Waals surface area contributed by atoms with Crippen molar-refractivity contribution < 1.29 is 0 Å². The van der Waals surface area contributed by atoms with Crippen molar-refractivity contribution in [3.63, 3.8) is 0 Å². The normalized spacial score (nSPS) is 10.8. The summed E-state index contributed by atoms with van der Waals surface area (Å²) < 4.78 is 2.02. The van der Waals surface area contributed by atoms with Crippen LogP contribution in [0.4, 0.5) is 0 Å². The number of thioether (sulfide) groups is 1. The Balaban J connectivity index is 1.93. The first-order valence-electron chi connectivity index (χ1n) is 7.58. The molecule has 0 fully saturated rings. The van der Waals surface area contributed by atoms with Crippen LogP contribution in [0.5, 0.6) is 0 Å². The van der Waals surface area contributed by atoms with Gasteiger partial charge < -0.3 is 4.57 Å². The molecule has 0 N–H and O–H groups in total. The topological polar surface area (TPSA) is 34.9 Å². The molecule has 0 saturated carbocycles. The molecule has 0 aliphatic rings. The SMILES string of the molecule is CSc1nc(=O)c(Cc2ccccc2)cn1Cc1ccc(Cl)cc1. The second-order valence-electron chi connectivity index (χ2n) is 5.47. The van der Waals surface area contributed by atoms with Crippen molar-refractivity contribution in [1.82, 2.24) is 9.55 Å². The van der Waals surface area contributed by atoms with Crippen molar-refractivity contribution in [3.05, 3.63) is 92.9 Å². The molecule has 5 heteroatoms. The highest BCUT2D eigenvalue weighted by Gasteiger charge is 2.09. The van der Waals surface area contributed by atoms with E-state index in [-0.39, 0.29) is 5.56 Å². The lowest BCUT2D eigenvalue weighted by molar-refractivity contribution is 0.654. The zero-order valence-corrected chi connectivity index (χ0v) is 14.8. The largest absolute Gasteiger partial charge is 0.323 e. The van der Waals surface area contributed by atoms with Crippen LogP contribution in [-0.4, -0.2) is 15.8 Å². The third kappa shape index (κ3) is 4.08. The summed E-state index contributed by atoms with van der Waals surface area (Å²) in [4.78, 5) is 16.5. The molecule has 0 spiro atoms. The number of rotatable bonds is 5. The number of hydrogen-bond donors (Lipinski definition) is 0. The van der Waals surface area contributed by atoms with Crippen molar-refractivity contribution in [2.45, 2.75) is 18.1 Å². The maximum Gasteiger partial charge on any atom is 0.277 e. The van der Waals surface area contributed by atoms with E-state index in [0.29, 0.717) is 28.7 Å². The predicted octanol–water partition coefficient (Wildman–Crippen LogP) is 4.26. The van der Waals surface area contributed by atoms with Gasteiger partial charge >= 0.3 is 0 Å². The lowest BCUT2D eigenvalue weighted by atomic mass is 10.1. The maximum absolute atomic E-state index is 12.3. The van der Waals surface area contributed by atoms with Gasteiger partial charge in [-0.05, 0) is 29.5 Å². The van der Waals surface area contributed by atoms with E-state index in [1.54, 1.807) is 0 Å². The third-order valence-electron chi connectivity index (χ3n) is 3.72. The second-order valence-corrected chi connectivity index (χ2v) is 6.68. The summed E-state index contributed by atoms with van der Waals surface area (Å²) in [6, 6.07) is 17.7. The quantitative estimate of drug-likeness (QED) is 0.506. The monoisotopic (exact) mass is 356 g/mol. The van der Waals surface area contributed by atoms with Crippen molar-refractivity contribution in [3.8, 4) is 0 Å². The molecular formula is C19H17ClN2OS. The van der Waals surface area contributed by atoms with E-state index in [9.17, 15) is 4.79 Å². The Morgan fingerprint density at radius 2 is 1.75 bits per heavy atom. The molecule has 1 aromatic heterocycles. The molecule has 2 aromatic carbocycles. The van der Waals surface area contributed by atoms with E-state index in [4.69, 9.17) is 11.6 Å². The maximum atomic E-state index is 12.3. The lowest BCUT2D eigenvalue weighted by Gasteiger charge is -2.13. The van der Waals surface area contributed by atoms with Crippen LogP contribution >= 0.6 is 23.4 Å². The highest BCUT2D eigenvalue weighted by Crippen LogP contribution is 2.16. The molecule has 1 heterocycles. The van der Waals surface area contributed by atoms with Crippen LogP contribution < -0.4 is 5.56 Å². The Kier molecular flexibility index (Phi) is 5.38. The van der Waals surface area contributed by atoms with Gasteiger partial charge in [0.1, 0.15) is 0 Å². The van der Waals surface area contributed by atoms with Gasteiger partial charge in [0.15, 0.2) is 5.16 Å². The van der Waals surface area contributed by atoms with E-state index >= 15 is 0 Å². The molecule has 0 radical (unpaired) electrons. The molecule has 122 valence electrons. The van der Waals surface area contributed by atoms with Crippen LogP contribution in [-0.2, 0) is 13.0 Å².